The second-order valence-electron chi connectivity index (χ2n) is 8.25. The Morgan fingerprint density at radius 1 is 1.11 bits per heavy atom. The summed E-state index contributed by atoms with van der Waals surface area (Å²) >= 11 is 0. The standard InChI is InChI=1S/C25H21F4N3O3/c1-24(23(34)35-2,13-15-4-3-5-18(26)12-15)20-10-11-30-22-21(19(14-33)31-32(20)22)16-6-8-17(9-7-16)25(27,28)29/h3-12,33H,13-14H2,1-2H3/t24-/m1/s1. The summed E-state index contributed by atoms with van der Waals surface area (Å²) in [5, 5.41) is 14.4. The largest absolute Gasteiger partial charge is 0.468 e. The molecular formula is C25H21F4N3O3. The van der Waals surface area contributed by atoms with Crippen LogP contribution in [-0.2, 0) is 34.2 Å². The van der Waals surface area contributed by atoms with Gasteiger partial charge in [-0.15, -0.1) is 0 Å². The number of aliphatic hydroxyl groups is 1. The van der Waals surface area contributed by atoms with Gasteiger partial charge in [0.2, 0.25) is 0 Å². The van der Waals surface area contributed by atoms with Gasteiger partial charge in [-0.05, 0) is 54.8 Å². The molecule has 35 heavy (non-hydrogen) atoms. The topological polar surface area (TPSA) is 76.7 Å². The Balaban J connectivity index is 1.90. The second kappa shape index (κ2) is 9.10. The molecule has 4 rings (SSSR count). The van der Waals surface area contributed by atoms with Crippen molar-refractivity contribution in [2.75, 3.05) is 7.11 Å². The first kappa shape index (κ1) is 24.3. The average Bonchev–Trinajstić information content (AvgIpc) is 3.21. The van der Waals surface area contributed by atoms with Gasteiger partial charge in [0, 0.05) is 6.20 Å². The van der Waals surface area contributed by atoms with Crippen molar-refractivity contribution in [1.29, 1.82) is 0 Å². The minimum atomic E-state index is -4.50. The maximum absolute atomic E-state index is 13.8. The SMILES string of the molecule is COC(=O)[C@](C)(Cc1cccc(F)c1)c1ccnc2c(-c3ccc(C(F)(F)F)cc3)c(CO)nn12. The van der Waals surface area contributed by atoms with Crippen LogP contribution in [0.3, 0.4) is 0 Å². The molecule has 0 amide bonds. The summed E-state index contributed by atoms with van der Waals surface area (Å²) < 4.78 is 59.3. The molecule has 10 heteroatoms. The van der Waals surface area contributed by atoms with Crippen molar-refractivity contribution in [2.45, 2.75) is 31.5 Å². The smallest absolute Gasteiger partial charge is 0.416 e. The summed E-state index contributed by atoms with van der Waals surface area (Å²) in [6.45, 7) is 1.11. The zero-order chi connectivity index (χ0) is 25.4. The Bertz CT molecular complexity index is 1380. The predicted octanol–water partition coefficient (Wildman–Crippen LogP) is 4.72. The van der Waals surface area contributed by atoms with Crippen LogP contribution < -0.4 is 0 Å². The highest BCUT2D eigenvalue weighted by atomic mass is 19.4. The molecule has 2 aromatic carbocycles. The van der Waals surface area contributed by atoms with Crippen LogP contribution in [-0.4, -0.2) is 32.8 Å². The second-order valence-corrected chi connectivity index (χ2v) is 8.25. The molecule has 4 aromatic rings. The molecule has 0 fully saturated rings. The number of carbonyl (C=O) groups excluding carboxylic acids is 1. The third-order valence-electron chi connectivity index (χ3n) is 5.89. The third-order valence-corrected chi connectivity index (χ3v) is 5.89. The summed E-state index contributed by atoms with van der Waals surface area (Å²) in [5.41, 5.74) is -0.145. The van der Waals surface area contributed by atoms with Gasteiger partial charge in [-0.25, -0.2) is 13.9 Å². The van der Waals surface area contributed by atoms with Crippen LogP contribution in [0, 0.1) is 5.82 Å². The van der Waals surface area contributed by atoms with E-state index >= 15 is 0 Å². The van der Waals surface area contributed by atoms with Crippen LogP contribution in [0.15, 0.2) is 60.8 Å². The zero-order valence-corrected chi connectivity index (χ0v) is 18.8. The molecule has 0 aliphatic rings. The van der Waals surface area contributed by atoms with Crippen LogP contribution in [0.2, 0.25) is 0 Å². The van der Waals surface area contributed by atoms with Crippen LogP contribution in [0.5, 0.6) is 0 Å². The first-order valence-corrected chi connectivity index (χ1v) is 10.6. The molecule has 0 aliphatic heterocycles. The fourth-order valence-electron chi connectivity index (χ4n) is 4.19. The third kappa shape index (κ3) is 4.49. The predicted molar refractivity (Wildman–Crippen MR) is 119 cm³/mol. The van der Waals surface area contributed by atoms with E-state index in [2.05, 4.69) is 10.1 Å². The first-order chi connectivity index (χ1) is 16.6. The summed E-state index contributed by atoms with van der Waals surface area (Å²) in [4.78, 5) is 17.3. The summed E-state index contributed by atoms with van der Waals surface area (Å²) in [7, 11) is 1.24. The van der Waals surface area contributed by atoms with E-state index in [0.717, 1.165) is 12.1 Å². The monoisotopic (exact) mass is 487 g/mol. The molecule has 0 saturated heterocycles. The highest BCUT2D eigenvalue weighted by Gasteiger charge is 2.40. The van der Waals surface area contributed by atoms with Crippen molar-refractivity contribution in [1.82, 2.24) is 14.6 Å². The van der Waals surface area contributed by atoms with Gasteiger partial charge in [0.1, 0.15) is 11.2 Å². The van der Waals surface area contributed by atoms with Crippen LogP contribution in [0.4, 0.5) is 17.6 Å². The number of aromatic nitrogens is 3. The lowest BCUT2D eigenvalue weighted by Crippen LogP contribution is -2.38. The minimum Gasteiger partial charge on any atom is -0.468 e. The van der Waals surface area contributed by atoms with Gasteiger partial charge in [0.15, 0.2) is 5.65 Å². The van der Waals surface area contributed by atoms with Gasteiger partial charge in [0.05, 0.1) is 36.2 Å². The molecule has 2 heterocycles. The van der Waals surface area contributed by atoms with Crippen molar-refractivity contribution in [3.05, 3.63) is 89.1 Å². The van der Waals surface area contributed by atoms with E-state index < -0.39 is 35.5 Å². The molecule has 0 spiro atoms. The molecule has 6 nitrogen and oxygen atoms in total. The minimum absolute atomic E-state index is 0.0699. The Labute approximate surface area is 197 Å². The number of nitrogens with zero attached hydrogens (tertiary/aromatic N) is 3. The molecule has 0 saturated carbocycles. The summed E-state index contributed by atoms with van der Waals surface area (Å²) in [5.74, 6) is -1.06. The van der Waals surface area contributed by atoms with E-state index in [1.54, 1.807) is 19.1 Å². The average molecular weight is 487 g/mol. The normalized spacial score (nSPS) is 13.6. The number of methoxy groups -OCH3 is 1. The number of hydrogen-bond acceptors (Lipinski definition) is 5. The summed E-state index contributed by atoms with van der Waals surface area (Å²) in [6.07, 6.45) is -2.99. The Kier molecular flexibility index (Phi) is 6.33. The van der Waals surface area contributed by atoms with Crippen LogP contribution in [0.1, 0.15) is 29.4 Å². The van der Waals surface area contributed by atoms with Crippen LogP contribution >= 0.6 is 0 Å². The van der Waals surface area contributed by atoms with E-state index in [9.17, 15) is 27.5 Å². The number of esters is 1. The van der Waals surface area contributed by atoms with Crippen molar-refractivity contribution >= 4 is 11.6 Å². The number of rotatable bonds is 6. The number of alkyl halides is 3. The molecule has 1 N–H and O–H groups in total. The molecule has 182 valence electrons. The van der Waals surface area contributed by atoms with E-state index in [-0.39, 0.29) is 17.8 Å². The fourth-order valence-corrected chi connectivity index (χ4v) is 4.19. The lowest BCUT2D eigenvalue weighted by Gasteiger charge is -2.27. The lowest BCUT2D eigenvalue weighted by atomic mass is 9.80. The highest BCUT2D eigenvalue weighted by Crippen LogP contribution is 2.36. The van der Waals surface area contributed by atoms with E-state index in [4.69, 9.17) is 4.74 Å². The number of hydrogen-bond donors (Lipinski definition) is 1. The van der Waals surface area contributed by atoms with Gasteiger partial charge in [-0.3, -0.25) is 4.79 Å². The van der Waals surface area contributed by atoms with Gasteiger partial charge < -0.3 is 9.84 Å². The molecule has 0 radical (unpaired) electrons. The number of carbonyl (C=O) groups is 1. The fraction of sp³-hybridized carbons (Fsp3) is 0.240. The maximum Gasteiger partial charge on any atom is 0.416 e. The molecule has 2 aromatic heterocycles. The van der Waals surface area contributed by atoms with Crippen molar-refractivity contribution in [2.24, 2.45) is 0 Å². The molecular weight excluding hydrogens is 466 g/mol. The van der Waals surface area contributed by atoms with Gasteiger partial charge in [-0.2, -0.15) is 18.3 Å². The lowest BCUT2D eigenvalue weighted by molar-refractivity contribution is -0.147. The Morgan fingerprint density at radius 3 is 2.43 bits per heavy atom. The Morgan fingerprint density at radius 2 is 1.83 bits per heavy atom. The Hall–Kier alpha value is -3.79. The number of fused-ring (bicyclic) bond motifs is 1. The van der Waals surface area contributed by atoms with Crippen molar-refractivity contribution in [3.63, 3.8) is 0 Å². The van der Waals surface area contributed by atoms with E-state index in [1.165, 1.54) is 48.2 Å². The van der Waals surface area contributed by atoms with Crippen molar-refractivity contribution < 1.29 is 32.2 Å². The highest BCUT2D eigenvalue weighted by molar-refractivity contribution is 5.84. The van der Waals surface area contributed by atoms with Gasteiger partial charge >= 0.3 is 12.1 Å². The molecule has 0 unspecified atom stereocenters. The molecule has 1 atom stereocenters. The number of halogens is 4. The van der Waals surface area contributed by atoms with Gasteiger partial charge in [-0.1, -0.05) is 24.3 Å². The zero-order valence-electron chi connectivity index (χ0n) is 18.8. The van der Waals surface area contributed by atoms with Crippen molar-refractivity contribution in [3.8, 4) is 11.1 Å². The van der Waals surface area contributed by atoms with E-state index in [1.807, 2.05) is 0 Å². The first-order valence-electron chi connectivity index (χ1n) is 10.6. The summed E-state index contributed by atoms with van der Waals surface area (Å²) in [6, 6.07) is 11.8. The maximum atomic E-state index is 13.8. The van der Waals surface area contributed by atoms with Crippen LogP contribution in [0.25, 0.3) is 16.8 Å². The molecule has 0 aliphatic carbocycles. The van der Waals surface area contributed by atoms with E-state index in [0.29, 0.717) is 22.4 Å². The number of ether oxygens (including phenoxy) is 1. The quantitative estimate of drug-likeness (QED) is 0.315. The number of aliphatic hydroxyl groups excluding tert-OH is 1. The number of benzene rings is 2. The molecule has 0 bridgehead atoms. The van der Waals surface area contributed by atoms with Gasteiger partial charge in [0.25, 0.3) is 0 Å².